The summed E-state index contributed by atoms with van der Waals surface area (Å²) in [5.41, 5.74) is 1.84. The number of anilines is 2. The van der Waals surface area contributed by atoms with E-state index in [0.717, 1.165) is 0 Å². The molecule has 1 aliphatic heterocycles. The van der Waals surface area contributed by atoms with Gasteiger partial charge in [0.15, 0.2) is 0 Å². The Kier molecular flexibility index (Phi) is 3.06. The lowest BCUT2D eigenvalue weighted by Gasteiger charge is -2.13. The van der Waals surface area contributed by atoms with Crippen molar-refractivity contribution in [3.8, 4) is 0 Å². The number of aromatic carboxylic acids is 1. The molecule has 1 amide bonds. The van der Waals surface area contributed by atoms with Crippen molar-refractivity contribution in [1.29, 1.82) is 0 Å². The van der Waals surface area contributed by atoms with E-state index in [-0.39, 0.29) is 11.5 Å². The number of fused-ring (bicyclic) bond motifs is 1. The molecule has 0 spiro atoms. The van der Waals surface area contributed by atoms with Crippen LogP contribution in [0, 0.1) is 5.82 Å². The van der Waals surface area contributed by atoms with Crippen LogP contribution in [0.4, 0.5) is 15.8 Å². The second kappa shape index (κ2) is 4.90. The van der Waals surface area contributed by atoms with Gasteiger partial charge in [-0.25, -0.2) is 9.18 Å². The summed E-state index contributed by atoms with van der Waals surface area (Å²) in [6.07, 6.45) is 0. The van der Waals surface area contributed by atoms with Gasteiger partial charge in [-0.05, 0) is 42.5 Å². The van der Waals surface area contributed by atoms with Crippen LogP contribution in [0.2, 0.25) is 0 Å². The van der Waals surface area contributed by atoms with Crippen molar-refractivity contribution >= 4 is 23.3 Å². The number of carbonyl (C=O) groups excluding carboxylic acids is 1. The summed E-state index contributed by atoms with van der Waals surface area (Å²) in [5.74, 6) is -1.72. The molecule has 0 radical (unpaired) electrons. The van der Waals surface area contributed by atoms with Gasteiger partial charge in [0.2, 0.25) is 0 Å². The minimum atomic E-state index is -1.02. The van der Waals surface area contributed by atoms with Crippen LogP contribution >= 0.6 is 0 Å². The maximum absolute atomic E-state index is 13.3. The molecule has 2 aromatic rings. The van der Waals surface area contributed by atoms with E-state index >= 15 is 0 Å². The average Bonchev–Trinajstić information content (AvgIpc) is 2.76. The first-order valence-electron chi connectivity index (χ1n) is 6.25. The first kappa shape index (κ1) is 13.1. The van der Waals surface area contributed by atoms with Crippen molar-refractivity contribution in [3.05, 3.63) is 59.4 Å². The second-order valence-electron chi connectivity index (χ2n) is 4.68. The van der Waals surface area contributed by atoms with Crippen molar-refractivity contribution < 1.29 is 19.1 Å². The fourth-order valence-corrected chi connectivity index (χ4v) is 2.25. The number of carboxylic acid groups (broad SMARTS) is 1. The Hall–Kier alpha value is -2.89. The molecule has 0 aromatic heterocycles. The fourth-order valence-electron chi connectivity index (χ4n) is 2.25. The molecule has 2 aromatic carbocycles. The Morgan fingerprint density at radius 3 is 2.57 bits per heavy atom. The maximum atomic E-state index is 13.3. The van der Waals surface area contributed by atoms with Gasteiger partial charge in [-0.1, -0.05) is 0 Å². The summed E-state index contributed by atoms with van der Waals surface area (Å²) in [6.45, 7) is 0. The normalized spacial score (nSPS) is 16.2. The Morgan fingerprint density at radius 2 is 1.90 bits per heavy atom. The molecular weight excluding hydrogens is 275 g/mol. The third kappa shape index (κ3) is 2.43. The van der Waals surface area contributed by atoms with Gasteiger partial charge < -0.3 is 15.7 Å². The first-order valence-corrected chi connectivity index (χ1v) is 6.25. The molecule has 1 heterocycles. The number of benzene rings is 2. The predicted molar refractivity (Wildman–Crippen MR) is 74.8 cm³/mol. The lowest BCUT2D eigenvalue weighted by Crippen LogP contribution is -2.19. The summed E-state index contributed by atoms with van der Waals surface area (Å²) in [5, 5.41) is 14.5. The minimum absolute atomic E-state index is 0.155. The van der Waals surface area contributed by atoms with Crippen LogP contribution in [0.15, 0.2) is 42.5 Å². The number of amides is 1. The number of nitrogens with one attached hydrogen (secondary N) is 2. The molecule has 5 nitrogen and oxygen atoms in total. The first-order chi connectivity index (χ1) is 10.0. The SMILES string of the molecule is O=C(O)c1ccc(NC2C(=O)Nc3ccc(F)cc32)cc1. The molecule has 6 heteroatoms. The molecule has 0 fully saturated rings. The van der Waals surface area contributed by atoms with Gasteiger partial charge in [0.05, 0.1) is 5.56 Å². The monoisotopic (exact) mass is 286 g/mol. The smallest absolute Gasteiger partial charge is 0.335 e. The van der Waals surface area contributed by atoms with Crippen molar-refractivity contribution in [3.63, 3.8) is 0 Å². The van der Waals surface area contributed by atoms with Crippen LogP contribution in [-0.2, 0) is 4.79 Å². The second-order valence-corrected chi connectivity index (χ2v) is 4.68. The van der Waals surface area contributed by atoms with E-state index in [1.165, 1.54) is 30.3 Å². The quantitative estimate of drug-likeness (QED) is 0.810. The van der Waals surface area contributed by atoms with Crippen molar-refractivity contribution in [2.24, 2.45) is 0 Å². The summed E-state index contributed by atoms with van der Waals surface area (Å²) in [4.78, 5) is 22.7. The molecule has 3 N–H and O–H groups in total. The molecule has 21 heavy (non-hydrogen) atoms. The summed E-state index contributed by atoms with van der Waals surface area (Å²) < 4.78 is 13.3. The van der Waals surface area contributed by atoms with E-state index in [1.54, 1.807) is 12.1 Å². The van der Waals surface area contributed by atoms with Crippen LogP contribution in [0.1, 0.15) is 22.0 Å². The Bertz CT molecular complexity index is 728. The Labute approximate surface area is 119 Å². The van der Waals surface area contributed by atoms with Crippen molar-refractivity contribution in [2.45, 2.75) is 6.04 Å². The van der Waals surface area contributed by atoms with Crippen LogP contribution in [0.5, 0.6) is 0 Å². The fraction of sp³-hybridized carbons (Fsp3) is 0.0667. The predicted octanol–water partition coefficient (Wildman–Crippen LogP) is 2.63. The van der Waals surface area contributed by atoms with Gasteiger partial charge in [0.1, 0.15) is 11.9 Å². The Balaban J connectivity index is 1.87. The lowest BCUT2D eigenvalue weighted by molar-refractivity contribution is -0.116. The van der Waals surface area contributed by atoms with Crippen LogP contribution in [-0.4, -0.2) is 17.0 Å². The highest BCUT2D eigenvalue weighted by Gasteiger charge is 2.30. The van der Waals surface area contributed by atoms with Gasteiger partial charge in [-0.2, -0.15) is 0 Å². The minimum Gasteiger partial charge on any atom is -0.478 e. The molecule has 0 saturated heterocycles. The number of halogens is 1. The molecule has 3 rings (SSSR count). The summed E-state index contributed by atoms with van der Waals surface area (Å²) in [7, 11) is 0. The van der Waals surface area contributed by atoms with Gasteiger partial charge in [-0.15, -0.1) is 0 Å². The molecule has 0 bridgehead atoms. The lowest BCUT2D eigenvalue weighted by atomic mass is 10.1. The number of carboxylic acids is 1. The number of carbonyl (C=O) groups is 2. The third-order valence-electron chi connectivity index (χ3n) is 3.29. The molecule has 0 saturated carbocycles. The average molecular weight is 286 g/mol. The molecule has 0 aliphatic carbocycles. The zero-order chi connectivity index (χ0) is 15.0. The third-order valence-corrected chi connectivity index (χ3v) is 3.29. The highest BCUT2D eigenvalue weighted by atomic mass is 19.1. The molecular formula is C15H11FN2O3. The zero-order valence-corrected chi connectivity index (χ0v) is 10.8. The molecule has 1 unspecified atom stereocenters. The van der Waals surface area contributed by atoms with Gasteiger partial charge >= 0.3 is 5.97 Å². The van der Waals surface area contributed by atoms with E-state index in [4.69, 9.17) is 5.11 Å². The van der Waals surface area contributed by atoms with Crippen molar-refractivity contribution in [1.82, 2.24) is 0 Å². The van der Waals surface area contributed by atoms with E-state index in [1.807, 2.05) is 0 Å². The zero-order valence-electron chi connectivity index (χ0n) is 10.8. The number of rotatable bonds is 3. The summed E-state index contributed by atoms with van der Waals surface area (Å²) >= 11 is 0. The van der Waals surface area contributed by atoms with Crippen LogP contribution in [0.25, 0.3) is 0 Å². The highest BCUT2D eigenvalue weighted by Crippen LogP contribution is 2.33. The van der Waals surface area contributed by atoms with E-state index in [9.17, 15) is 14.0 Å². The topological polar surface area (TPSA) is 78.4 Å². The Morgan fingerprint density at radius 1 is 1.19 bits per heavy atom. The number of hydrogen-bond donors (Lipinski definition) is 3. The highest BCUT2D eigenvalue weighted by molar-refractivity contribution is 6.04. The van der Waals surface area contributed by atoms with Crippen LogP contribution in [0.3, 0.4) is 0 Å². The standard InChI is InChI=1S/C15H11FN2O3/c16-9-3-6-12-11(7-9)13(14(19)18-12)17-10-4-1-8(2-5-10)15(20)21/h1-7,13,17H,(H,18,19)(H,20,21). The van der Waals surface area contributed by atoms with Crippen LogP contribution < -0.4 is 10.6 Å². The van der Waals surface area contributed by atoms with E-state index in [0.29, 0.717) is 16.9 Å². The molecule has 1 aliphatic rings. The van der Waals surface area contributed by atoms with Gasteiger partial charge in [-0.3, -0.25) is 4.79 Å². The summed E-state index contributed by atoms with van der Waals surface area (Å²) in [6, 6.07) is 9.39. The van der Waals surface area contributed by atoms with Gasteiger partial charge in [0, 0.05) is 16.9 Å². The largest absolute Gasteiger partial charge is 0.478 e. The maximum Gasteiger partial charge on any atom is 0.335 e. The van der Waals surface area contributed by atoms with E-state index < -0.39 is 17.8 Å². The van der Waals surface area contributed by atoms with Gasteiger partial charge in [0.25, 0.3) is 5.91 Å². The van der Waals surface area contributed by atoms with Crippen molar-refractivity contribution in [2.75, 3.05) is 10.6 Å². The molecule has 1 atom stereocenters. The number of hydrogen-bond acceptors (Lipinski definition) is 3. The molecule has 106 valence electrons. The van der Waals surface area contributed by atoms with E-state index in [2.05, 4.69) is 10.6 Å².